The van der Waals surface area contributed by atoms with Crippen LogP contribution in [-0.4, -0.2) is 41.1 Å². The first-order valence-corrected chi connectivity index (χ1v) is 7.80. The smallest absolute Gasteiger partial charge is 0.306 e. The van der Waals surface area contributed by atoms with E-state index < -0.39 is 16.0 Å². The van der Waals surface area contributed by atoms with Crippen molar-refractivity contribution in [3.05, 3.63) is 18.2 Å². The minimum absolute atomic E-state index is 0.0386. The van der Waals surface area contributed by atoms with E-state index in [0.717, 1.165) is 0 Å². The Kier molecular flexibility index (Phi) is 6.32. The molecule has 0 bridgehead atoms. The standard InChI is InChI=1S/C13H18N2O6S/c1-9(16)15-11-5-4-10(8-12(11)20-2)22(18,19)14-7-6-13(17)21-3/h4-5,8,14H,6-7H2,1-3H3,(H,15,16). The van der Waals surface area contributed by atoms with Gasteiger partial charge in [0.2, 0.25) is 15.9 Å². The molecule has 0 unspecified atom stereocenters. The average Bonchev–Trinajstić information content (AvgIpc) is 2.46. The fourth-order valence-corrected chi connectivity index (χ4v) is 2.65. The third kappa shape index (κ3) is 5.01. The molecule has 1 rings (SSSR count). The molecule has 1 aromatic rings. The van der Waals surface area contributed by atoms with Crippen molar-refractivity contribution in [3.8, 4) is 5.75 Å². The molecule has 122 valence electrons. The maximum atomic E-state index is 12.1. The van der Waals surface area contributed by atoms with Gasteiger partial charge in [-0.3, -0.25) is 9.59 Å². The number of benzene rings is 1. The number of hydrogen-bond donors (Lipinski definition) is 2. The second kappa shape index (κ2) is 7.76. The number of nitrogens with one attached hydrogen (secondary N) is 2. The van der Waals surface area contributed by atoms with Crippen LogP contribution in [0, 0.1) is 0 Å². The minimum atomic E-state index is -3.79. The molecule has 0 aliphatic carbocycles. The number of amides is 1. The van der Waals surface area contributed by atoms with Crippen LogP contribution in [0.4, 0.5) is 5.69 Å². The third-order valence-electron chi connectivity index (χ3n) is 2.64. The van der Waals surface area contributed by atoms with Gasteiger partial charge in [-0.2, -0.15) is 0 Å². The first-order chi connectivity index (χ1) is 10.3. The molecule has 0 spiro atoms. The normalized spacial score (nSPS) is 10.9. The van der Waals surface area contributed by atoms with E-state index in [2.05, 4.69) is 14.8 Å². The van der Waals surface area contributed by atoms with E-state index in [1.165, 1.54) is 39.3 Å². The van der Waals surface area contributed by atoms with Gasteiger partial charge >= 0.3 is 5.97 Å². The number of esters is 1. The van der Waals surface area contributed by atoms with Gasteiger partial charge in [-0.1, -0.05) is 0 Å². The Morgan fingerprint density at radius 1 is 1.23 bits per heavy atom. The molecule has 9 heteroatoms. The summed E-state index contributed by atoms with van der Waals surface area (Å²) in [6.07, 6.45) is -0.0726. The number of methoxy groups -OCH3 is 2. The molecule has 0 fully saturated rings. The molecule has 0 atom stereocenters. The van der Waals surface area contributed by atoms with Gasteiger partial charge < -0.3 is 14.8 Å². The Hall–Kier alpha value is -2.13. The third-order valence-corrected chi connectivity index (χ3v) is 4.10. The van der Waals surface area contributed by atoms with Crippen LogP contribution in [0.15, 0.2) is 23.1 Å². The van der Waals surface area contributed by atoms with Gasteiger partial charge in [-0.15, -0.1) is 0 Å². The highest BCUT2D eigenvalue weighted by Crippen LogP contribution is 2.27. The van der Waals surface area contributed by atoms with Gasteiger partial charge in [-0.05, 0) is 12.1 Å². The van der Waals surface area contributed by atoms with Crippen molar-refractivity contribution in [1.29, 1.82) is 0 Å². The van der Waals surface area contributed by atoms with E-state index in [-0.39, 0.29) is 29.5 Å². The molecule has 0 saturated carbocycles. The molecule has 0 aliphatic heterocycles. The lowest BCUT2D eigenvalue weighted by Gasteiger charge is -2.12. The summed E-state index contributed by atoms with van der Waals surface area (Å²) < 4.78 is 36.0. The number of carbonyl (C=O) groups is 2. The molecule has 0 aromatic heterocycles. The van der Waals surface area contributed by atoms with Crippen LogP contribution in [0.1, 0.15) is 13.3 Å². The zero-order valence-electron chi connectivity index (χ0n) is 12.5. The summed E-state index contributed by atoms with van der Waals surface area (Å²) in [4.78, 5) is 22.0. The van der Waals surface area contributed by atoms with Gasteiger partial charge in [0.1, 0.15) is 5.75 Å². The SMILES string of the molecule is COC(=O)CCNS(=O)(=O)c1ccc(NC(C)=O)c(OC)c1. The van der Waals surface area contributed by atoms with Crippen molar-refractivity contribution in [1.82, 2.24) is 4.72 Å². The molecule has 2 N–H and O–H groups in total. The lowest BCUT2D eigenvalue weighted by Crippen LogP contribution is -2.26. The molecule has 1 amide bonds. The Morgan fingerprint density at radius 2 is 1.91 bits per heavy atom. The fourth-order valence-electron chi connectivity index (χ4n) is 1.60. The van der Waals surface area contributed by atoms with Crippen molar-refractivity contribution in [2.24, 2.45) is 0 Å². The number of anilines is 1. The molecule has 1 aromatic carbocycles. The highest BCUT2D eigenvalue weighted by molar-refractivity contribution is 7.89. The fraction of sp³-hybridized carbons (Fsp3) is 0.385. The summed E-state index contributed by atoms with van der Waals surface area (Å²) in [6, 6.07) is 4.04. The van der Waals surface area contributed by atoms with Crippen LogP contribution in [0.3, 0.4) is 0 Å². The lowest BCUT2D eigenvalue weighted by atomic mass is 10.3. The van der Waals surface area contributed by atoms with Gasteiger partial charge in [-0.25, -0.2) is 13.1 Å². The topological polar surface area (TPSA) is 111 Å². The van der Waals surface area contributed by atoms with E-state index >= 15 is 0 Å². The molecule has 0 radical (unpaired) electrons. The van der Waals surface area contributed by atoms with Gasteiger partial charge in [0.05, 0.1) is 31.2 Å². The Bertz CT molecular complexity index is 656. The molecule has 0 saturated heterocycles. The first-order valence-electron chi connectivity index (χ1n) is 6.32. The van der Waals surface area contributed by atoms with Crippen LogP contribution < -0.4 is 14.8 Å². The predicted molar refractivity (Wildman–Crippen MR) is 79.1 cm³/mol. The quantitative estimate of drug-likeness (QED) is 0.704. The zero-order valence-corrected chi connectivity index (χ0v) is 13.3. The summed E-state index contributed by atoms with van der Waals surface area (Å²) in [6.45, 7) is 1.25. The van der Waals surface area contributed by atoms with Crippen molar-refractivity contribution in [2.75, 3.05) is 26.1 Å². The molecular formula is C13H18N2O6S. The lowest BCUT2D eigenvalue weighted by molar-refractivity contribution is -0.140. The zero-order chi connectivity index (χ0) is 16.8. The van der Waals surface area contributed by atoms with E-state index in [9.17, 15) is 18.0 Å². The van der Waals surface area contributed by atoms with Gasteiger partial charge in [0, 0.05) is 19.5 Å². The van der Waals surface area contributed by atoms with Crippen LogP contribution in [0.2, 0.25) is 0 Å². The summed E-state index contributed by atoms with van der Waals surface area (Å²) in [5, 5.41) is 2.53. The number of carbonyl (C=O) groups excluding carboxylic acids is 2. The molecule has 8 nitrogen and oxygen atoms in total. The largest absolute Gasteiger partial charge is 0.495 e. The van der Waals surface area contributed by atoms with Crippen LogP contribution in [0.5, 0.6) is 5.75 Å². The van der Waals surface area contributed by atoms with E-state index in [4.69, 9.17) is 4.74 Å². The second-order valence-corrected chi connectivity index (χ2v) is 6.03. The summed E-state index contributed by atoms with van der Waals surface area (Å²) in [5.74, 6) is -0.600. The number of ether oxygens (including phenoxy) is 2. The number of hydrogen-bond acceptors (Lipinski definition) is 6. The number of rotatable bonds is 7. The van der Waals surface area contributed by atoms with E-state index in [0.29, 0.717) is 5.69 Å². The van der Waals surface area contributed by atoms with Crippen molar-refractivity contribution in [2.45, 2.75) is 18.2 Å². The average molecular weight is 330 g/mol. The Morgan fingerprint density at radius 3 is 2.45 bits per heavy atom. The number of sulfonamides is 1. The summed E-state index contributed by atoms with van der Waals surface area (Å²) in [5.41, 5.74) is 0.364. The van der Waals surface area contributed by atoms with Crippen LogP contribution >= 0.6 is 0 Å². The van der Waals surface area contributed by atoms with Crippen molar-refractivity contribution >= 4 is 27.6 Å². The maximum Gasteiger partial charge on any atom is 0.306 e. The molecule has 0 aliphatic rings. The second-order valence-electron chi connectivity index (χ2n) is 4.27. The Balaban J connectivity index is 2.91. The molecule has 0 heterocycles. The van der Waals surface area contributed by atoms with E-state index in [1.807, 2.05) is 0 Å². The minimum Gasteiger partial charge on any atom is -0.495 e. The predicted octanol–water partition coefficient (Wildman–Crippen LogP) is 0.495. The molecule has 22 heavy (non-hydrogen) atoms. The highest BCUT2D eigenvalue weighted by atomic mass is 32.2. The maximum absolute atomic E-state index is 12.1. The highest BCUT2D eigenvalue weighted by Gasteiger charge is 2.17. The van der Waals surface area contributed by atoms with Gasteiger partial charge in [0.15, 0.2) is 0 Å². The van der Waals surface area contributed by atoms with E-state index in [1.54, 1.807) is 0 Å². The van der Waals surface area contributed by atoms with Crippen molar-refractivity contribution < 1.29 is 27.5 Å². The Labute approximate surface area is 128 Å². The van der Waals surface area contributed by atoms with Crippen molar-refractivity contribution in [3.63, 3.8) is 0 Å². The van der Waals surface area contributed by atoms with Gasteiger partial charge in [0.25, 0.3) is 0 Å². The van der Waals surface area contributed by atoms with Crippen LogP contribution in [0.25, 0.3) is 0 Å². The molecular weight excluding hydrogens is 312 g/mol. The first kappa shape index (κ1) is 17.9. The monoisotopic (exact) mass is 330 g/mol. The summed E-state index contributed by atoms with van der Waals surface area (Å²) in [7, 11) is -1.20. The van der Waals surface area contributed by atoms with Crippen LogP contribution in [-0.2, 0) is 24.3 Å². The summed E-state index contributed by atoms with van der Waals surface area (Å²) >= 11 is 0.